The summed E-state index contributed by atoms with van der Waals surface area (Å²) in [5, 5.41) is 10.5. The van der Waals surface area contributed by atoms with Gasteiger partial charge in [0.1, 0.15) is 0 Å². The SMILES string of the molecule is CC(=O)N1CCC(Cn2c(O)nc3ncc(Cl)cc32)CC1. The summed E-state index contributed by atoms with van der Waals surface area (Å²) in [6.07, 6.45) is 3.37. The van der Waals surface area contributed by atoms with Crippen LogP contribution in [0.3, 0.4) is 0 Å². The Morgan fingerprint density at radius 3 is 2.86 bits per heavy atom. The molecule has 1 amide bonds. The fraction of sp³-hybridized carbons (Fsp3) is 0.500. The molecule has 0 bridgehead atoms. The lowest BCUT2D eigenvalue weighted by Gasteiger charge is -2.31. The van der Waals surface area contributed by atoms with Crippen molar-refractivity contribution in [3.05, 3.63) is 17.3 Å². The van der Waals surface area contributed by atoms with Gasteiger partial charge in [0.25, 0.3) is 6.01 Å². The minimum atomic E-state index is -0.0336. The van der Waals surface area contributed by atoms with E-state index in [-0.39, 0.29) is 11.9 Å². The largest absolute Gasteiger partial charge is 0.480 e. The van der Waals surface area contributed by atoms with Gasteiger partial charge in [-0.25, -0.2) is 4.98 Å². The van der Waals surface area contributed by atoms with Crippen molar-refractivity contribution < 1.29 is 9.90 Å². The molecule has 112 valence electrons. The second kappa shape index (κ2) is 5.52. The number of piperidine rings is 1. The van der Waals surface area contributed by atoms with Crippen molar-refractivity contribution in [1.82, 2.24) is 19.4 Å². The standard InChI is InChI=1S/C14H17ClN4O2/c1-9(20)18-4-2-10(3-5-18)8-19-12-6-11(15)7-16-13(12)17-14(19)21/h6-7,10H,2-5,8H2,1H3,(H,16,17,21). The Morgan fingerprint density at radius 2 is 2.19 bits per heavy atom. The Bertz CT molecular complexity index is 677. The summed E-state index contributed by atoms with van der Waals surface area (Å²) in [7, 11) is 0. The molecule has 3 heterocycles. The molecule has 0 spiro atoms. The molecule has 6 nitrogen and oxygen atoms in total. The molecule has 3 rings (SSSR count). The highest BCUT2D eigenvalue weighted by Gasteiger charge is 2.23. The summed E-state index contributed by atoms with van der Waals surface area (Å²) in [5.74, 6) is 0.531. The van der Waals surface area contributed by atoms with E-state index in [4.69, 9.17) is 11.6 Å². The van der Waals surface area contributed by atoms with Crippen molar-refractivity contribution in [2.24, 2.45) is 5.92 Å². The molecule has 1 N–H and O–H groups in total. The third kappa shape index (κ3) is 2.81. The van der Waals surface area contributed by atoms with Crippen molar-refractivity contribution >= 4 is 28.7 Å². The molecule has 0 atom stereocenters. The van der Waals surface area contributed by atoms with Crippen LogP contribution in [0.15, 0.2) is 12.3 Å². The number of imidazole rings is 1. The lowest BCUT2D eigenvalue weighted by Crippen LogP contribution is -2.37. The zero-order chi connectivity index (χ0) is 15.0. The minimum absolute atomic E-state index is 0.0336. The third-order valence-corrected chi connectivity index (χ3v) is 4.26. The van der Waals surface area contributed by atoms with Gasteiger partial charge in [-0.15, -0.1) is 0 Å². The highest BCUT2D eigenvalue weighted by molar-refractivity contribution is 6.31. The van der Waals surface area contributed by atoms with E-state index in [0.717, 1.165) is 31.4 Å². The van der Waals surface area contributed by atoms with E-state index in [0.29, 0.717) is 23.1 Å². The highest BCUT2D eigenvalue weighted by Crippen LogP contribution is 2.26. The Balaban J connectivity index is 1.78. The van der Waals surface area contributed by atoms with Crippen LogP contribution in [0, 0.1) is 5.92 Å². The van der Waals surface area contributed by atoms with Gasteiger partial charge in [0.15, 0.2) is 5.65 Å². The van der Waals surface area contributed by atoms with Crippen LogP contribution in [0.2, 0.25) is 5.02 Å². The molecular formula is C14H17ClN4O2. The normalized spacial score (nSPS) is 16.6. The maximum atomic E-state index is 11.3. The van der Waals surface area contributed by atoms with E-state index in [1.165, 1.54) is 6.20 Å². The average Bonchev–Trinajstić information content (AvgIpc) is 2.76. The number of carbonyl (C=O) groups is 1. The third-order valence-electron chi connectivity index (χ3n) is 4.05. The first-order chi connectivity index (χ1) is 10.0. The van der Waals surface area contributed by atoms with Crippen LogP contribution in [0.25, 0.3) is 11.2 Å². The monoisotopic (exact) mass is 308 g/mol. The number of halogens is 1. The number of pyridine rings is 1. The highest BCUT2D eigenvalue weighted by atomic mass is 35.5. The second-order valence-corrected chi connectivity index (χ2v) is 5.90. The number of hydrogen-bond donors (Lipinski definition) is 1. The zero-order valence-corrected chi connectivity index (χ0v) is 12.5. The van der Waals surface area contributed by atoms with Gasteiger partial charge in [-0.2, -0.15) is 4.98 Å². The molecule has 1 fully saturated rings. The van der Waals surface area contributed by atoms with Gasteiger partial charge < -0.3 is 10.0 Å². The predicted molar refractivity (Wildman–Crippen MR) is 79.2 cm³/mol. The molecule has 0 saturated carbocycles. The van der Waals surface area contributed by atoms with Crippen LogP contribution in [-0.4, -0.2) is 43.5 Å². The maximum Gasteiger partial charge on any atom is 0.296 e. The number of rotatable bonds is 2. The van der Waals surface area contributed by atoms with Gasteiger partial charge in [-0.05, 0) is 24.8 Å². The van der Waals surface area contributed by atoms with Crippen LogP contribution < -0.4 is 0 Å². The van der Waals surface area contributed by atoms with Crippen LogP contribution >= 0.6 is 11.6 Å². The molecule has 2 aromatic rings. The summed E-state index contributed by atoms with van der Waals surface area (Å²) in [5.41, 5.74) is 1.24. The van der Waals surface area contributed by atoms with Crippen molar-refractivity contribution in [2.75, 3.05) is 13.1 Å². The summed E-state index contributed by atoms with van der Waals surface area (Å²) < 4.78 is 1.75. The molecule has 21 heavy (non-hydrogen) atoms. The fourth-order valence-corrected chi connectivity index (χ4v) is 2.99. The Labute approximate surface area is 127 Å². The topological polar surface area (TPSA) is 71.2 Å². The summed E-state index contributed by atoms with van der Waals surface area (Å²) in [6, 6.07) is 1.73. The van der Waals surface area contributed by atoms with Gasteiger partial charge >= 0.3 is 0 Å². The van der Waals surface area contributed by atoms with Gasteiger partial charge in [0, 0.05) is 32.8 Å². The van der Waals surface area contributed by atoms with E-state index in [1.54, 1.807) is 17.6 Å². The van der Waals surface area contributed by atoms with Crippen LogP contribution in [0.4, 0.5) is 0 Å². The fourth-order valence-electron chi connectivity index (χ4n) is 2.84. The molecule has 1 saturated heterocycles. The first kappa shape index (κ1) is 14.1. The van der Waals surface area contributed by atoms with E-state index in [9.17, 15) is 9.90 Å². The summed E-state index contributed by atoms with van der Waals surface area (Å²) >= 11 is 5.97. The van der Waals surface area contributed by atoms with E-state index < -0.39 is 0 Å². The Hall–Kier alpha value is -1.82. The molecule has 0 aliphatic carbocycles. The number of aromatic hydroxyl groups is 1. The first-order valence-corrected chi connectivity index (χ1v) is 7.38. The van der Waals surface area contributed by atoms with E-state index in [2.05, 4.69) is 9.97 Å². The quantitative estimate of drug-likeness (QED) is 0.921. The Morgan fingerprint density at radius 1 is 1.48 bits per heavy atom. The van der Waals surface area contributed by atoms with Crippen molar-refractivity contribution in [1.29, 1.82) is 0 Å². The van der Waals surface area contributed by atoms with Crippen molar-refractivity contribution in [3.63, 3.8) is 0 Å². The smallest absolute Gasteiger partial charge is 0.296 e. The lowest BCUT2D eigenvalue weighted by molar-refractivity contribution is -0.130. The van der Waals surface area contributed by atoms with Gasteiger partial charge in [0.2, 0.25) is 5.91 Å². The zero-order valence-electron chi connectivity index (χ0n) is 11.8. The number of amides is 1. The minimum Gasteiger partial charge on any atom is -0.480 e. The molecule has 0 radical (unpaired) electrons. The van der Waals surface area contributed by atoms with Crippen LogP contribution in [-0.2, 0) is 11.3 Å². The summed E-state index contributed by atoms with van der Waals surface area (Å²) in [6.45, 7) is 3.80. The van der Waals surface area contributed by atoms with Crippen molar-refractivity contribution in [2.45, 2.75) is 26.3 Å². The second-order valence-electron chi connectivity index (χ2n) is 5.47. The van der Waals surface area contributed by atoms with Crippen LogP contribution in [0.5, 0.6) is 6.01 Å². The molecule has 1 aliphatic rings. The van der Waals surface area contributed by atoms with Gasteiger partial charge in [-0.1, -0.05) is 11.6 Å². The lowest BCUT2D eigenvalue weighted by atomic mass is 9.96. The molecule has 1 aliphatic heterocycles. The van der Waals surface area contributed by atoms with E-state index >= 15 is 0 Å². The Kier molecular flexibility index (Phi) is 3.71. The van der Waals surface area contributed by atoms with E-state index in [1.807, 2.05) is 4.90 Å². The van der Waals surface area contributed by atoms with Crippen LogP contribution in [0.1, 0.15) is 19.8 Å². The molecule has 0 aromatic carbocycles. The number of carbonyl (C=O) groups excluding carboxylic acids is 1. The first-order valence-electron chi connectivity index (χ1n) is 7.01. The molecule has 2 aromatic heterocycles. The number of likely N-dealkylation sites (tertiary alicyclic amines) is 1. The molecule has 7 heteroatoms. The summed E-state index contributed by atoms with van der Waals surface area (Å²) in [4.78, 5) is 21.4. The number of aromatic nitrogens is 3. The predicted octanol–water partition coefficient (Wildman–Crippen LogP) is 2.05. The maximum absolute atomic E-state index is 11.3. The number of hydrogen-bond acceptors (Lipinski definition) is 4. The number of fused-ring (bicyclic) bond motifs is 1. The average molecular weight is 309 g/mol. The van der Waals surface area contributed by atoms with Gasteiger partial charge in [-0.3, -0.25) is 9.36 Å². The van der Waals surface area contributed by atoms with Gasteiger partial charge in [0.05, 0.1) is 10.5 Å². The van der Waals surface area contributed by atoms with Crippen molar-refractivity contribution in [3.8, 4) is 6.01 Å². The molecular weight excluding hydrogens is 292 g/mol. The molecule has 0 unspecified atom stereocenters. The number of nitrogens with zero attached hydrogens (tertiary/aromatic N) is 4.